The van der Waals surface area contributed by atoms with Gasteiger partial charge in [-0.05, 0) is 38.0 Å². The first-order chi connectivity index (χ1) is 14.4. The Hall–Kier alpha value is -3.13. The molecule has 2 heterocycles. The minimum Gasteiger partial charge on any atom is -0.452 e. The Balaban J connectivity index is 1.55. The van der Waals surface area contributed by atoms with Gasteiger partial charge in [-0.3, -0.25) is 9.59 Å². The molecule has 0 spiro atoms. The highest BCUT2D eigenvalue weighted by molar-refractivity contribution is 6.31. The van der Waals surface area contributed by atoms with E-state index >= 15 is 0 Å². The number of likely N-dealkylation sites (tertiary alicyclic amines) is 1. The van der Waals surface area contributed by atoms with Crippen LogP contribution >= 0.6 is 11.6 Å². The van der Waals surface area contributed by atoms with Crippen LogP contribution in [-0.4, -0.2) is 52.2 Å². The maximum atomic E-state index is 12.2. The summed E-state index contributed by atoms with van der Waals surface area (Å²) < 4.78 is 6.63. The van der Waals surface area contributed by atoms with Crippen molar-refractivity contribution in [3.8, 4) is 5.69 Å². The second-order valence-electron chi connectivity index (χ2n) is 7.04. The van der Waals surface area contributed by atoms with Crippen molar-refractivity contribution in [2.75, 3.05) is 19.7 Å². The molecule has 3 rings (SSSR count). The van der Waals surface area contributed by atoms with Gasteiger partial charge in [0.1, 0.15) is 5.15 Å². The minimum atomic E-state index is -0.654. The summed E-state index contributed by atoms with van der Waals surface area (Å²) >= 11 is 6.41. The van der Waals surface area contributed by atoms with Gasteiger partial charge < -0.3 is 15.4 Å². The zero-order valence-electron chi connectivity index (χ0n) is 16.6. The number of esters is 1. The molecule has 30 heavy (non-hydrogen) atoms. The van der Waals surface area contributed by atoms with Crippen LogP contribution in [0.5, 0.6) is 0 Å². The van der Waals surface area contributed by atoms with Gasteiger partial charge in [0.2, 0.25) is 5.91 Å². The number of rotatable bonds is 6. The van der Waals surface area contributed by atoms with Crippen LogP contribution < -0.4 is 5.73 Å². The summed E-state index contributed by atoms with van der Waals surface area (Å²) in [6, 6.07) is 9.40. The van der Waals surface area contributed by atoms with E-state index in [4.69, 9.17) is 22.1 Å². The van der Waals surface area contributed by atoms with Crippen LogP contribution in [0.25, 0.3) is 11.8 Å². The number of ether oxygens (including phenoxy) is 1. The lowest BCUT2D eigenvalue weighted by Crippen LogP contribution is -2.43. The highest BCUT2D eigenvalue weighted by atomic mass is 35.5. The molecule has 2 N–H and O–H groups in total. The number of amides is 2. The number of nitrogens with zero attached hydrogens (tertiary/aromatic N) is 3. The standard InChI is InChI=1S/C21H23ClN4O4/c1-14-17(20(22)26(24-14)16-5-3-2-4-6-16)7-8-19(28)30-13-18(27)25-11-9-15(10-12-25)21(23)29/h2-8,15H,9-13H2,1H3,(H2,23,29)/b8-7+. The maximum Gasteiger partial charge on any atom is 0.331 e. The summed E-state index contributed by atoms with van der Waals surface area (Å²) in [4.78, 5) is 37.0. The number of hydrogen-bond acceptors (Lipinski definition) is 5. The number of aryl methyl sites for hydroxylation is 1. The van der Waals surface area contributed by atoms with Gasteiger partial charge in [-0.25, -0.2) is 9.48 Å². The van der Waals surface area contributed by atoms with Crippen LogP contribution in [0.4, 0.5) is 0 Å². The van der Waals surface area contributed by atoms with E-state index in [0.717, 1.165) is 5.69 Å². The van der Waals surface area contributed by atoms with Gasteiger partial charge in [-0.15, -0.1) is 0 Å². The number of para-hydroxylation sites is 1. The lowest BCUT2D eigenvalue weighted by atomic mass is 9.96. The van der Waals surface area contributed by atoms with Crippen molar-refractivity contribution < 1.29 is 19.1 Å². The monoisotopic (exact) mass is 430 g/mol. The molecule has 0 bridgehead atoms. The SMILES string of the molecule is Cc1nn(-c2ccccc2)c(Cl)c1/C=C/C(=O)OCC(=O)N1CCC(C(N)=O)CC1. The first kappa shape index (κ1) is 21.6. The molecule has 1 fully saturated rings. The first-order valence-corrected chi connectivity index (χ1v) is 9.97. The van der Waals surface area contributed by atoms with Gasteiger partial charge >= 0.3 is 5.97 Å². The molecule has 1 saturated heterocycles. The Kier molecular flexibility index (Phi) is 6.89. The third kappa shape index (κ3) is 5.07. The van der Waals surface area contributed by atoms with Crippen molar-refractivity contribution in [2.24, 2.45) is 11.7 Å². The molecule has 0 unspecified atom stereocenters. The average Bonchev–Trinajstić information content (AvgIpc) is 3.04. The van der Waals surface area contributed by atoms with E-state index in [2.05, 4.69) is 5.10 Å². The molecule has 0 saturated carbocycles. The van der Waals surface area contributed by atoms with Crippen molar-refractivity contribution >= 4 is 35.5 Å². The quantitative estimate of drug-likeness (QED) is 0.557. The Morgan fingerprint density at radius 3 is 2.53 bits per heavy atom. The molecular formula is C21H23ClN4O4. The van der Waals surface area contributed by atoms with Gasteiger partial charge in [0.25, 0.3) is 5.91 Å². The summed E-state index contributed by atoms with van der Waals surface area (Å²) in [5, 5.41) is 4.77. The van der Waals surface area contributed by atoms with Crippen LogP contribution in [0.2, 0.25) is 5.15 Å². The van der Waals surface area contributed by atoms with Crippen molar-refractivity contribution in [1.82, 2.24) is 14.7 Å². The third-order valence-electron chi connectivity index (χ3n) is 5.02. The lowest BCUT2D eigenvalue weighted by Gasteiger charge is -2.30. The minimum absolute atomic E-state index is 0.204. The van der Waals surface area contributed by atoms with Crippen LogP contribution in [0.1, 0.15) is 24.1 Å². The number of carbonyl (C=O) groups is 3. The largest absolute Gasteiger partial charge is 0.452 e. The molecule has 1 aliphatic rings. The fraction of sp³-hybridized carbons (Fsp3) is 0.333. The molecule has 2 aromatic rings. The lowest BCUT2D eigenvalue weighted by molar-refractivity contribution is -0.149. The van der Waals surface area contributed by atoms with Crippen molar-refractivity contribution in [2.45, 2.75) is 19.8 Å². The van der Waals surface area contributed by atoms with E-state index in [9.17, 15) is 14.4 Å². The van der Waals surface area contributed by atoms with Gasteiger partial charge in [0.15, 0.2) is 6.61 Å². The van der Waals surface area contributed by atoms with E-state index < -0.39 is 5.97 Å². The molecule has 1 aromatic carbocycles. The van der Waals surface area contributed by atoms with Gasteiger partial charge in [-0.1, -0.05) is 29.8 Å². The Labute approximate surface area is 179 Å². The van der Waals surface area contributed by atoms with Crippen LogP contribution in [0, 0.1) is 12.8 Å². The topological polar surface area (TPSA) is 108 Å². The molecule has 0 aliphatic carbocycles. The summed E-state index contributed by atoms with van der Waals surface area (Å²) in [5.74, 6) is -1.50. The highest BCUT2D eigenvalue weighted by Gasteiger charge is 2.26. The molecule has 8 nitrogen and oxygen atoms in total. The average molecular weight is 431 g/mol. The number of nitrogens with two attached hydrogens (primary N) is 1. The second-order valence-corrected chi connectivity index (χ2v) is 7.39. The molecule has 158 valence electrons. The van der Waals surface area contributed by atoms with E-state index in [-0.39, 0.29) is 24.3 Å². The zero-order chi connectivity index (χ0) is 21.7. The number of piperidine rings is 1. The number of carbonyl (C=O) groups excluding carboxylic acids is 3. The highest BCUT2D eigenvalue weighted by Crippen LogP contribution is 2.24. The van der Waals surface area contributed by atoms with Crippen molar-refractivity contribution in [3.05, 3.63) is 52.8 Å². The first-order valence-electron chi connectivity index (χ1n) is 9.59. The van der Waals surface area contributed by atoms with Crippen molar-refractivity contribution in [1.29, 1.82) is 0 Å². The number of aromatic nitrogens is 2. The fourth-order valence-electron chi connectivity index (χ4n) is 3.28. The maximum absolute atomic E-state index is 12.2. The molecule has 1 aliphatic heterocycles. The van der Waals surface area contributed by atoms with E-state index in [1.54, 1.807) is 16.5 Å². The second kappa shape index (κ2) is 9.58. The van der Waals surface area contributed by atoms with E-state index in [1.165, 1.54) is 12.2 Å². The van der Waals surface area contributed by atoms with Crippen molar-refractivity contribution in [3.63, 3.8) is 0 Å². The third-order valence-corrected chi connectivity index (χ3v) is 5.39. The van der Waals surface area contributed by atoms with Gasteiger partial charge in [-0.2, -0.15) is 5.10 Å². The van der Waals surface area contributed by atoms with Gasteiger partial charge in [0, 0.05) is 30.6 Å². The number of hydrogen-bond donors (Lipinski definition) is 1. The molecule has 9 heteroatoms. The van der Waals surface area contributed by atoms with Gasteiger partial charge in [0.05, 0.1) is 11.4 Å². The van der Waals surface area contributed by atoms with Crippen LogP contribution in [-0.2, 0) is 19.1 Å². The van der Waals surface area contributed by atoms with Crippen LogP contribution in [0.3, 0.4) is 0 Å². The fourth-order valence-corrected chi connectivity index (χ4v) is 3.61. The Bertz CT molecular complexity index is 963. The summed E-state index contributed by atoms with van der Waals surface area (Å²) in [6.07, 6.45) is 3.79. The number of halogens is 1. The molecule has 1 aromatic heterocycles. The summed E-state index contributed by atoms with van der Waals surface area (Å²) in [7, 11) is 0. The van der Waals surface area contributed by atoms with E-state index in [0.29, 0.717) is 42.3 Å². The van der Waals surface area contributed by atoms with E-state index in [1.807, 2.05) is 30.3 Å². The Morgan fingerprint density at radius 2 is 1.90 bits per heavy atom. The number of primary amides is 1. The normalized spacial score (nSPS) is 14.8. The predicted molar refractivity (Wildman–Crippen MR) is 112 cm³/mol. The summed E-state index contributed by atoms with van der Waals surface area (Å²) in [5.41, 5.74) is 7.34. The smallest absolute Gasteiger partial charge is 0.331 e. The molecule has 0 atom stereocenters. The van der Waals surface area contributed by atoms with Crippen LogP contribution in [0.15, 0.2) is 36.4 Å². The predicted octanol–water partition coefficient (Wildman–Crippen LogP) is 2.11. The molecule has 2 amide bonds. The molecular weight excluding hydrogens is 408 g/mol. The molecule has 0 radical (unpaired) electrons. The zero-order valence-corrected chi connectivity index (χ0v) is 17.3. The Morgan fingerprint density at radius 1 is 1.23 bits per heavy atom. The number of benzene rings is 1. The summed E-state index contributed by atoms with van der Waals surface area (Å²) in [6.45, 7) is 2.27.